The molecule has 3 heterocycles. The van der Waals surface area contributed by atoms with Crippen molar-refractivity contribution in [2.45, 2.75) is 25.4 Å². The second-order valence-electron chi connectivity index (χ2n) is 5.62. The van der Waals surface area contributed by atoms with Crippen molar-refractivity contribution >= 4 is 27.1 Å². The highest BCUT2D eigenvalue weighted by molar-refractivity contribution is 7.90. The molecule has 0 N–H and O–H groups in total. The first-order valence-electron chi connectivity index (χ1n) is 7.09. The Morgan fingerprint density at radius 1 is 1.25 bits per heavy atom. The smallest absolute Gasteiger partial charge is 0.277 e. The molecule has 7 nitrogen and oxygen atoms in total. The largest absolute Gasteiger partial charge is 0.325 e. The zero-order chi connectivity index (χ0) is 17.6. The van der Waals surface area contributed by atoms with Gasteiger partial charge in [-0.1, -0.05) is 17.7 Å². The number of halogens is 1. The Bertz CT molecular complexity index is 1100. The maximum absolute atomic E-state index is 12.4. The van der Waals surface area contributed by atoms with Crippen molar-refractivity contribution < 1.29 is 8.42 Å². The molecule has 0 saturated heterocycles. The molecule has 9 heteroatoms. The van der Waals surface area contributed by atoms with Crippen LogP contribution in [-0.4, -0.2) is 33.8 Å². The summed E-state index contributed by atoms with van der Waals surface area (Å²) in [6.07, 6.45) is 2.70. The van der Waals surface area contributed by atoms with Gasteiger partial charge in [0, 0.05) is 29.8 Å². The van der Waals surface area contributed by atoms with Gasteiger partial charge in [-0.25, -0.2) is 13.4 Å². The quantitative estimate of drug-likeness (QED) is 0.657. The fourth-order valence-corrected chi connectivity index (χ4v) is 3.10. The first kappa shape index (κ1) is 16.7. The topological polar surface area (TPSA) is 86.3 Å². The number of nitrogens with zero attached hydrogens (tertiary/aromatic N) is 4. The minimum atomic E-state index is -3.52. The van der Waals surface area contributed by atoms with Gasteiger partial charge in [-0.2, -0.15) is 9.61 Å². The number of hydrogen-bond acceptors (Lipinski definition) is 5. The van der Waals surface area contributed by atoms with E-state index in [1.165, 1.54) is 6.07 Å². The molecule has 0 radical (unpaired) electrons. The van der Waals surface area contributed by atoms with Crippen molar-refractivity contribution in [2.75, 3.05) is 6.26 Å². The van der Waals surface area contributed by atoms with Gasteiger partial charge in [-0.3, -0.25) is 4.79 Å². The number of pyridine rings is 1. The molecule has 0 aliphatic carbocycles. The van der Waals surface area contributed by atoms with E-state index in [4.69, 9.17) is 11.6 Å². The predicted molar refractivity (Wildman–Crippen MR) is 90.4 cm³/mol. The van der Waals surface area contributed by atoms with Crippen LogP contribution in [0.4, 0.5) is 0 Å². The van der Waals surface area contributed by atoms with E-state index < -0.39 is 9.84 Å². The maximum Gasteiger partial charge on any atom is 0.277 e. The molecule has 0 aromatic carbocycles. The van der Waals surface area contributed by atoms with Crippen LogP contribution in [0.15, 0.2) is 34.2 Å². The lowest BCUT2D eigenvalue weighted by atomic mass is 10.2. The first-order chi connectivity index (χ1) is 11.2. The minimum Gasteiger partial charge on any atom is -0.325 e. The molecule has 126 valence electrons. The Labute approximate surface area is 143 Å². The number of fused-ring (bicyclic) bond motifs is 1. The highest BCUT2D eigenvalue weighted by Crippen LogP contribution is 2.16. The van der Waals surface area contributed by atoms with E-state index >= 15 is 0 Å². The van der Waals surface area contributed by atoms with Crippen LogP contribution in [0.1, 0.15) is 16.8 Å². The Morgan fingerprint density at radius 3 is 2.54 bits per heavy atom. The van der Waals surface area contributed by atoms with Crippen molar-refractivity contribution in [2.24, 2.45) is 0 Å². The molecule has 0 bridgehead atoms. The van der Waals surface area contributed by atoms with Gasteiger partial charge in [0.05, 0.1) is 6.54 Å². The molecular formula is C15H15ClN4O3S. The number of rotatable bonds is 3. The van der Waals surface area contributed by atoms with Crippen LogP contribution in [0.25, 0.3) is 5.65 Å². The number of sulfone groups is 1. The SMILES string of the molecule is Cc1c(C)n(Cc2ccc(Cl)nc2)c2cc(S(C)(=O)=O)nn2c1=O. The lowest BCUT2D eigenvalue weighted by Gasteiger charge is -2.14. The second-order valence-corrected chi connectivity index (χ2v) is 7.97. The summed E-state index contributed by atoms with van der Waals surface area (Å²) in [4.78, 5) is 16.4. The minimum absolute atomic E-state index is 0.132. The molecule has 0 unspecified atom stereocenters. The monoisotopic (exact) mass is 366 g/mol. The van der Waals surface area contributed by atoms with Crippen molar-refractivity contribution in [1.29, 1.82) is 0 Å². The highest BCUT2D eigenvalue weighted by atomic mass is 35.5. The summed E-state index contributed by atoms with van der Waals surface area (Å²) in [6, 6.07) is 4.91. The van der Waals surface area contributed by atoms with Crippen molar-refractivity contribution in [3.05, 3.63) is 56.7 Å². The molecule has 3 aromatic heterocycles. The van der Waals surface area contributed by atoms with E-state index in [-0.39, 0.29) is 10.6 Å². The fraction of sp³-hybridized carbons (Fsp3) is 0.267. The molecular weight excluding hydrogens is 352 g/mol. The molecule has 0 spiro atoms. The van der Waals surface area contributed by atoms with Crippen LogP contribution in [0.2, 0.25) is 5.15 Å². The third-order valence-electron chi connectivity index (χ3n) is 3.91. The third-order valence-corrected chi connectivity index (χ3v) is 5.10. The van der Waals surface area contributed by atoms with Gasteiger partial charge in [-0.15, -0.1) is 0 Å². The second kappa shape index (κ2) is 5.71. The van der Waals surface area contributed by atoms with E-state index in [1.54, 1.807) is 19.2 Å². The molecule has 0 saturated carbocycles. The van der Waals surface area contributed by atoms with E-state index in [0.29, 0.717) is 22.9 Å². The van der Waals surface area contributed by atoms with Gasteiger partial charge in [0.2, 0.25) is 0 Å². The lowest BCUT2D eigenvalue weighted by molar-refractivity contribution is 0.596. The highest BCUT2D eigenvalue weighted by Gasteiger charge is 2.18. The van der Waals surface area contributed by atoms with Crippen LogP contribution in [0.5, 0.6) is 0 Å². The van der Waals surface area contributed by atoms with E-state index in [1.807, 2.05) is 17.6 Å². The predicted octanol–water partition coefficient (Wildman–Crippen LogP) is 1.61. The Kier molecular flexibility index (Phi) is 3.97. The average Bonchev–Trinajstić information content (AvgIpc) is 2.97. The fourth-order valence-electron chi connectivity index (χ4n) is 2.44. The maximum atomic E-state index is 12.4. The summed E-state index contributed by atoms with van der Waals surface area (Å²) in [5, 5.41) is 4.22. The van der Waals surface area contributed by atoms with Crippen molar-refractivity contribution in [1.82, 2.24) is 19.2 Å². The van der Waals surface area contributed by atoms with Gasteiger partial charge < -0.3 is 4.57 Å². The normalized spacial score (nSPS) is 12.0. The summed E-state index contributed by atoms with van der Waals surface area (Å²) in [6.45, 7) is 3.91. The Morgan fingerprint density at radius 2 is 1.96 bits per heavy atom. The molecule has 3 aromatic rings. The Balaban J connectivity index is 2.27. The average molecular weight is 367 g/mol. The van der Waals surface area contributed by atoms with Gasteiger partial charge in [0.25, 0.3) is 5.56 Å². The van der Waals surface area contributed by atoms with Gasteiger partial charge >= 0.3 is 0 Å². The summed E-state index contributed by atoms with van der Waals surface area (Å²) in [5.74, 6) is 0. The van der Waals surface area contributed by atoms with Crippen LogP contribution in [-0.2, 0) is 16.4 Å². The molecule has 24 heavy (non-hydrogen) atoms. The zero-order valence-electron chi connectivity index (χ0n) is 13.3. The molecule has 0 amide bonds. The first-order valence-corrected chi connectivity index (χ1v) is 9.35. The van der Waals surface area contributed by atoms with Crippen LogP contribution in [0.3, 0.4) is 0 Å². The molecule has 0 aliphatic heterocycles. The number of aromatic nitrogens is 4. The van der Waals surface area contributed by atoms with Gasteiger partial charge in [0.15, 0.2) is 14.9 Å². The summed E-state index contributed by atoms with van der Waals surface area (Å²) in [5.41, 5.74) is 2.20. The van der Waals surface area contributed by atoms with E-state index in [9.17, 15) is 13.2 Å². The van der Waals surface area contributed by atoms with E-state index in [2.05, 4.69) is 10.1 Å². The van der Waals surface area contributed by atoms with Crippen LogP contribution in [0, 0.1) is 13.8 Å². The zero-order valence-corrected chi connectivity index (χ0v) is 14.9. The molecule has 3 rings (SSSR count). The lowest BCUT2D eigenvalue weighted by Crippen LogP contribution is -2.24. The third kappa shape index (κ3) is 2.83. The molecule has 0 fully saturated rings. The molecule has 0 aliphatic rings. The summed E-state index contributed by atoms with van der Waals surface area (Å²) < 4.78 is 26.5. The van der Waals surface area contributed by atoms with E-state index in [0.717, 1.165) is 22.0 Å². The summed E-state index contributed by atoms with van der Waals surface area (Å²) >= 11 is 5.80. The van der Waals surface area contributed by atoms with Gasteiger partial charge in [0.1, 0.15) is 10.8 Å². The Hall–Kier alpha value is -2.19. The van der Waals surface area contributed by atoms with Crippen LogP contribution >= 0.6 is 11.6 Å². The molecule has 0 atom stereocenters. The standard InChI is InChI=1S/C15H15ClN4O3S/c1-9-10(2)19(8-11-4-5-12(16)17-7-11)14-6-13(24(3,22)23)18-20(14)15(9)21/h4-7H,8H2,1-3H3. The van der Waals surface area contributed by atoms with Crippen molar-refractivity contribution in [3.63, 3.8) is 0 Å². The van der Waals surface area contributed by atoms with Crippen molar-refractivity contribution in [3.8, 4) is 0 Å². The summed E-state index contributed by atoms with van der Waals surface area (Å²) in [7, 11) is -3.52. The number of hydrogen-bond donors (Lipinski definition) is 0. The van der Waals surface area contributed by atoms with Crippen LogP contribution < -0.4 is 5.56 Å². The van der Waals surface area contributed by atoms with Gasteiger partial charge in [-0.05, 0) is 25.5 Å².